The van der Waals surface area contributed by atoms with Crippen LogP contribution in [0.5, 0.6) is 0 Å². The minimum atomic E-state index is -0.881. The summed E-state index contributed by atoms with van der Waals surface area (Å²) in [7, 11) is 0. The number of nitrogens with one attached hydrogen (secondary N) is 1. The predicted molar refractivity (Wildman–Crippen MR) is 80.8 cm³/mol. The summed E-state index contributed by atoms with van der Waals surface area (Å²) >= 11 is 11.9. The summed E-state index contributed by atoms with van der Waals surface area (Å²) in [4.78, 5) is 11.8. The third-order valence-electron chi connectivity index (χ3n) is 2.98. The first-order valence-corrected chi connectivity index (χ1v) is 6.82. The molecule has 0 atom stereocenters. The van der Waals surface area contributed by atoms with E-state index in [9.17, 15) is 4.79 Å². The van der Waals surface area contributed by atoms with Gasteiger partial charge in [0.2, 0.25) is 5.91 Å². The van der Waals surface area contributed by atoms with Crippen LogP contribution in [-0.2, 0) is 10.2 Å². The van der Waals surface area contributed by atoms with Crippen molar-refractivity contribution in [3.05, 3.63) is 33.8 Å². The van der Waals surface area contributed by atoms with Gasteiger partial charge in [0.25, 0.3) is 0 Å². The lowest BCUT2D eigenvalue weighted by atomic mass is 9.84. The SMILES string of the molecule is CC(C)(N)C(=O)NCC(C)(C)c1ccc(Cl)c(Cl)c1. The molecule has 0 heterocycles. The van der Waals surface area contributed by atoms with Gasteiger partial charge in [-0.2, -0.15) is 0 Å². The predicted octanol–water partition coefficient (Wildman–Crippen LogP) is 3.12. The fourth-order valence-electron chi connectivity index (χ4n) is 1.55. The van der Waals surface area contributed by atoms with Crippen molar-refractivity contribution in [3.63, 3.8) is 0 Å². The van der Waals surface area contributed by atoms with Gasteiger partial charge < -0.3 is 11.1 Å². The Morgan fingerprint density at radius 3 is 2.26 bits per heavy atom. The van der Waals surface area contributed by atoms with Crippen molar-refractivity contribution in [3.8, 4) is 0 Å². The molecular formula is C14H20Cl2N2O. The summed E-state index contributed by atoms with van der Waals surface area (Å²) in [5, 5.41) is 3.89. The summed E-state index contributed by atoms with van der Waals surface area (Å²) in [6, 6.07) is 5.49. The lowest BCUT2D eigenvalue weighted by Gasteiger charge is -2.28. The van der Waals surface area contributed by atoms with Crippen LogP contribution in [0.4, 0.5) is 0 Å². The van der Waals surface area contributed by atoms with E-state index in [4.69, 9.17) is 28.9 Å². The van der Waals surface area contributed by atoms with Gasteiger partial charge in [-0.05, 0) is 31.5 Å². The van der Waals surface area contributed by atoms with Crippen molar-refractivity contribution in [1.82, 2.24) is 5.32 Å². The molecule has 0 saturated heterocycles. The lowest BCUT2D eigenvalue weighted by Crippen LogP contribution is -2.51. The zero-order chi connectivity index (χ0) is 14.8. The molecule has 3 nitrogen and oxygen atoms in total. The first-order valence-electron chi connectivity index (χ1n) is 6.07. The Morgan fingerprint density at radius 1 is 1.21 bits per heavy atom. The van der Waals surface area contributed by atoms with E-state index in [0.717, 1.165) is 5.56 Å². The van der Waals surface area contributed by atoms with Gasteiger partial charge in [-0.25, -0.2) is 0 Å². The van der Waals surface area contributed by atoms with Crippen LogP contribution in [0.15, 0.2) is 18.2 Å². The van der Waals surface area contributed by atoms with Crippen LogP contribution < -0.4 is 11.1 Å². The van der Waals surface area contributed by atoms with Crippen LogP contribution in [0.25, 0.3) is 0 Å². The number of nitrogens with two attached hydrogens (primary N) is 1. The van der Waals surface area contributed by atoms with Crippen LogP contribution in [-0.4, -0.2) is 18.0 Å². The highest BCUT2D eigenvalue weighted by Gasteiger charge is 2.26. The monoisotopic (exact) mass is 302 g/mol. The molecule has 1 aromatic carbocycles. The second kappa shape index (κ2) is 5.70. The van der Waals surface area contributed by atoms with Crippen molar-refractivity contribution in [1.29, 1.82) is 0 Å². The molecule has 3 N–H and O–H groups in total. The highest BCUT2D eigenvalue weighted by atomic mass is 35.5. The van der Waals surface area contributed by atoms with Gasteiger partial charge in [0, 0.05) is 12.0 Å². The zero-order valence-electron chi connectivity index (χ0n) is 11.7. The Morgan fingerprint density at radius 2 is 1.79 bits per heavy atom. The van der Waals surface area contributed by atoms with Crippen molar-refractivity contribution in [2.75, 3.05) is 6.54 Å². The van der Waals surface area contributed by atoms with Crippen LogP contribution in [0.3, 0.4) is 0 Å². The molecule has 0 unspecified atom stereocenters. The normalized spacial score (nSPS) is 12.4. The molecule has 5 heteroatoms. The van der Waals surface area contributed by atoms with Crippen LogP contribution >= 0.6 is 23.2 Å². The second-order valence-electron chi connectivity index (χ2n) is 5.92. The molecule has 1 rings (SSSR count). The standard InChI is InChI=1S/C14H20Cl2N2O/c1-13(2,8-18-12(19)14(3,4)17)9-5-6-10(15)11(16)7-9/h5-7H,8,17H2,1-4H3,(H,18,19). The van der Waals surface area contributed by atoms with Crippen molar-refractivity contribution >= 4 is 29.1 Å². The summed E-state index contributed by atoms with van der Waals surface area (Å²) in [6.07, 6.45) is 0. The zero-order valence-corrected chi connectivity index (χ0v) is 13.2. The Bertz CT molecular complexity index is 479. The van der Waals surface area contributed by atoms with Crippen molar-refractivity contribution in [2.24, 2.45) is 5.73 Å². The Labute approximate surface area is 124 Å². The van der Waals surface area contributed by atoms with Gasteiger partial charge in [-0.1, -0.05) is 43.1 Å². The number of rotatable bonds is 4. The van der Waals surface area contributed by atoms with E-state index in [0.29, 0.717) is 16.6 Å². The van der Waals surface area contributed by atoms with Gasteiger partial charge in [-0.15, -0.1) is 0 Å². The molecule has 0 radical (unpaired) electrons. The molecule has 0 aliphatic carbocycles. The number of hydrogen-bond donors (Lipinski definition) is 2. The van der Waals surface area contributed by atoms with E-state index in [1.54, 1.807) is 19.9 Å². The van der Waals surface area contributed by atoms with E-state index in [2.05, 4.69) is 5.32 Å². The number of amides is 1. The molecule has 0 saturated carbocycles. The van der Waals surface area contributed by atoms with Crippen LogP contribution in [0.2, 0.25) is 10.0 Å². The Hall–Kier alpha value is -0.770. The lowest BCUT2D eigenvalue weighted by molar-refractivity contribution is -0.125. The van der Waals surface area contributed by atoms with Gasteiger partial charge in [0.15, 0.2) is 0 Å². The first kappa shape index (κ1) is 16.3. The molecular weight excluding hydrogens is 283 g/mol. The van der Waals surface area contributed by atoms with E-state index in [-0.39, 0.29) is 11.3 Å². The maximum Gasteiger partial charge on any atom is 0.239 e. The third kappa shape index (κ3) is 4.37. The topological polar surface area (TPSA) is 55.1 Å². The van der Waals surface area contributed by atoms with E-state index in [1.807, 2.05) is 26.0 Å². The van der Waals surface area contributed by atoms with Gasteiger partial charge in [0.1, 0.15) is 0 Å². The number of hydrogen-bond acceptors (Lipinski definition) is 2. The number of carbonyl (C=O) groups excluding carboxylic acids is 1. The second-order valence-corrected chi connectivity index (χ2v) is 6.73. The molecule has 1 aromatic rings. The molecule has 0 spiro atoms. The van der Waals surface area contributed by atoms with Crippen molar-refractivity contribution in [2.45, 2.75) is 38.6 Å². The van der Waals surface area contributed by atoms with Crippen LogP contribution in [0.1, 0.15) is 33.3 Å². The van der Waals surface area contributed by atoms with E-state index >= 15 is 0 Å². The fourth-order valence-corrected chi connectivity index (χ4v) is 1.85. The molecule has 0 aliphatic heterocycles. The maximum absolute atomic E-state index is 11.8. The summed E-state index contributed by atoms with van der Waals surface area (Å²) in [6.45, 7) is 7.88. The fraction of sp³-hybridized carbons (Fsp3) is 0.500. The molecule has 0 fully saturated rings. The van der Waals surface area contributed by atoms with E-state index < -0.39 is 5.54 Å². The molecule has 0 aliphatic rings. The average Bonchev–Trinajstić information content (AvgIpc) is 2.28. The first-order chi connectivity index (χ1) is 8.54. The highest BCUT2D eigenvalue weighted by Crippen LogP contribution is 2.29. The van der Waals surface area contributed by atoms with Gasteiger partial charge >= 0.3 is 0 Å². The van der Waals surface area contributed by atoms with Crippen LogP contribution in [0, 0.1) is 0 Å². The third-order valence-corrected chi connectivity index (χ3v) is 3.72. The summed E-state index contributed by atoms with van der Waals surface area (Å²) in [5.74, 6) is -0.180. The van der Waals surface area contributed by atoms with Gasteiger partial charge in [0.05, 0.1) is 15.6 Å². The maximum atomic E-state index is 11.8. The minimum absolute atomic E-state index is 0.180. The minimum Gasteiger partial charge on any atom is -0.354 e. The average molecular weight is 303 g/mol. The Balaban J connectivity index is 2.81. The largest absolute Gasteiger partial charge is 0.354 e. The quantitative estimate of drug-likeness (QED) is 0.898. The number of carbonyl (C=O) groups is 1. The smallest absolute Gasteiger partial charge is 0.239 e. The molecule has 19 heavy (non-hydrogen) atoms. The highest BCUT2D eigenvalue weighted by molar-refractivity contribution is 6.42. The molecule has 1 amide bonds. The molecule has 0 bridgehead atoms. The number of benzene rings is 1. The molecule has 0 aromatic heterocycles. The summed E-state index contributed by atoms with van der Waals surface area (Å²) in [5.41, 5.74) is 5.62. The Kier molecular flexibility index (Phi) is 4.88. The van der Waals surface area contributed by atoms with Crippen molar-refractivity contribution < 1.29 is 4.79 Å². The van der Waals surface area contributed by atoms with Gasteiger partial charge in [-0.3, -0.25) is 4.79 Å². The van der Waals surface area contributed by atoms with E-state index in [1.165, 1.54) is 0 Å². The number of halogens is 2. The molecule has 106 valence electrons. The summed E-state index contributed by atoms with van der Waals surface area (Å²) < 4.78 is 0.